The van der Waals surface area contributed by atoms with E-state index >= 15 is 0 Å². The lowest BCUT2D eigenvalue weighted by atomic mass is 9.95. The number of carbonyl (C=O) groups is 1. The fraction of sp³-hybridized carbons (Fsp3) is 0.542. The zero-order valence-corrected chi connectivity index (χ0v) is 20.0. The summed E-state index contributed by atoms with van der Waals surface area (Å²) in [6.45, 7) is 6.18. The van der Waals surface area contributed by atoms with Gasteiger partial charge in [0.15, 0.2) is 16.6 Å². The maximum absolute atomic E-state index is 13.4. The summed E-state index contributed by atoms with van der Waals surface area (Å²) in [6, 6.07) is 6.28. The van der Waals surface area contributed by atoms with Gasteiger partial charge in [0.2, 0.25) is 5.91 Å². The van der Waals surface area contributed by atoms with Gasteiger partial charge in [0.05, 0.1) is 35.2 Å². The number of halogens is 1. The lowest BCUT2D eigenvalue weighted by Gasteiger charge is -2.40. The lowest BCUT2D eigenvalue weighted by molar-refractivity contribution is -0.188. The molecule has 3 fully saturated rings. The van der Waals surface area contributed by atoms with Gasteiger partial charge in [-0.3, -0.25) is 4.79 Å². The van der Waals surface area contributed by atoms with Gasteiger partial charge in [0.1, 0.15) is 5.82 Å². The van der Waals surface area contributed by atoms with E-state index in [1.54, 1.807) is 28.2 Å². The quantitative estimate of drug-likeness (QED) is 0.565. The molecule has 3 aliphatic rings. The minimum Gasteiger partial charge on any atom is -0.347 e. The number of aryl methyl sites for hydroxylation is 1. The molecular weight excluding hydrogens is 457 g/mol. The third-order valence-electron chi connectivity index (χ3n) is 7.14. The van der Waals surface area contributed by atoms with E-state index in [1.165, 1.54) is 12.1 Å². The van der Waals surface area contributed by atoms with Gasteiger partial charge in [-0.15, -0.1) is 0 Å². The van der Waals surface area contributed by atoms with Gasteiger partial charge in [-0.1, -0.05) is 11.3 Å². The summed E-state index contributed by atoms with van der Waals surface area (Å²) >= 11 is 1.61. The molecular formula is C24H28FN5O3S. The predicted molar refractivity (Wildman–Crippen MR) is 127 cm³/mol. The molecule has 1 atom stereocenters. The van der Waals surface area contributed by atoms with Crippen LogP contribution in [0.2, 0.25) is 0 Å². The average Bonchev–Trinajstić information content (AvgIpc) is 3.57. The van der Waals surface area contributed by atoms with Crippen molar-refractivity contribution in [1.29, 1.82) is 0 Å². The summed E-state index contributed by atoms with van der Waals surface area (Å²) in [4.78, 5) is 22.5. The zero-order chi connectivity index (χ0) is 23.3. The molecule has 3 aromatic rings. The van der Waals surface area contributed by atoms with Crippen molar-refractivity contribution >= 4 is 32.7 Å². The number of hydrogen-bond donors (Lipinski definition) is 0. The van der Waals surface area contributed by atoms with Crippen LogP contribution in [0.25, 0.3) is 16.0 Å². The molecule has 0 bridgehead atoms. The highest BCUT2D eigenvalue weighted by molar-refractivity contribution is 7.22. The highest BCUT2D eigenvalue weighted by Gasteiger charge is 2.42. The van der Waals surface area contributed by atoms with Crippen LogP contribution < -0.4 is 4.90 Å². The van der Waals surface area contributed by atoms with Crippen molar-refractivity contribution in [3.8, 4) is 5.69 Å². The van der Waals surface area contributed by atoms with Crippen LogP contribution in [0.5, 0.6) is 0 Å². The molecule has 0 saturated carbocycles. The molecule has 34 heavy (non-hydrogen) atoms. The van der Waals surface area contributed by atoms with E-state index in [4.69, 9.17) is 14.5 Å². The summed E-state index contributed by atoms with van der Waals surface area (Å²) in [5, 5.41) is 5.52. The van der Waals surface area contributed by atoms with E-state index in [1.807, 2.05) is 11.8 Å². The topological polar surface area (TPSA) is 72.7 Å². The molecule has 1 amide bonds. The molecule has 5 heterocycles. The number of thiazole rings is 1. The monoisotopic (exact) mass is 485 g/mol. The second-order valence-electron chi connectivity index (χ2n) is 9.34. The Morgan fingerprint density at radius 1 is 1.15 bits per heavy atom. The largest absolute Gasteiger partial charge is 0.347 e. The smallest absolute Gasteiger partial charge is 0.227 e. The van der Waals surface area contributed by atoms with E-state index in [9.17, 15) is 9.18 Å². The maximum Gasteiger partial charge on any atom is 0.227 e. The molecule has 0 N–H and O–H groups in total. The van der Waals surface area contributed by atoms with Crippen molar-refractivity contribution in [3.05, 3.63) is 35.8 Å². The van der Waals surface area contributed by atoms with Crippen LogP contribution in [0, 0.1) is 18.7 Å². The first-order valence-corrected chi connectivity index (χ1v) is 12.8. The molecule has 2 aromatic heterocycles. The standard InChI is InChI=1S/C24H28FN5O3S/c1-16-20-21(30(27-16)19-6-4-18(25)5-7-19)26-23(34-20)29-10-2-3-17(15-29)22(31)28-11-8-24(9-12-28)32-13-14-33-24/h4-7,17H,2-3,8-15H2,1H3/t17-/m1/s1. The Balaban J connectivity index is 1.18. The third kappa shape index (κ3) is 3.87. The van der Waals surface area contributed by atoms with Gasteiger partial charge in [0, 0.05) is 39.0 Å². The summed E-state index contributed by atoms with van der Waals surface area (Å²) in [6.07, 6.45) is 3.34. The van der Waals surface area contributed by atoms with E-state index in [-0.39, 0.29) is 17.6 Å². The van der Waals surface area contributed by atoms with Crippen LogP contribution >= 0.6 is 11.3 Å². The zero-order valence-electron chi connectivity index (χ0n) is 19.2. The predicted octanol–water partition coefficient (Wildman–Crippen LogP) is 3.51. The molecule has 8 nitrogen and oxygen atoms in total. The number of amides is 1. The van der Waals surface area contributed by atoms with Crippen molar-refractivity contribution in [2.24, 2.45) is 5.92 Å². The molecule has 6 rings (SSSR count). The summed E-state index contributed by atoms with van der Waals surface area (Å²) < 4.78 is 27.8. The number of aromatic nitrogens is 3. The summed E-state index contributed by atoms with van der Waals surface area (Å²) in [5.74, 6) is -0.548. The van der Waals surface area contributed by atoms with Crippen molar-refractivity contribution in [2.45, 2.75) is 38.4 Å². The fourth-order valence-corrected chi connectivity index (χ4v) is 6.31. The normalized spacial score (nSPS) is 22.7. The average molecular weight is 486 g/mol. The second kappa shape index (κ2) is 8.58. The number of carbonyl (C=O) groups excluding carboxylic acids is 1. The van der Waals surface area contributed by atoms with Gasteiger partial charge in [-0.05, 0) is 44.0 Å². The number of piperidine rings is 2. The third-order valence-corrected chi connectivity index (χ3v) is 8.35. The number of fused-ring (bicyclic) bond motifs is 1. The fourth-order valence-electron chi connectivity index (χ4n) is 5.28. The lowest BCUT2D eigenvalue weighted by Crippen LogP contribution is -2.51. The minimum absolute atomic E-state index is 0.0325. The number of rotatable bonds is 3. The van der Waals surface area contributed by atoms with Gasteiger partial charge < -0.3 is 19.3 Å². The van der Waals surface area contributed by atoms with Crippen LogP contribution in [-0.2, 0) is 14.3 Å². The number of likely N-dealkylation sites (tertiary alicyclic amines) is 1. The Labute approximate surface area is 201 Å². The Kier molecular flexibility index (Phi) is 5.54. The van der Waals surface area contributed by atoms with Gasteiger partial charge in [-0.2, -0.15) is 10.1 Å². The highest BCUT2D eigenvalue weighted by Crippen LogP contribution is 2.36. The van der Waals surface area contributed by atoms with E-state index in [2.05, 4.69) is 10.00 Å². The van der Waals surface area contributed by atoms with Crippen LogP contribution in [0.15, 0.2) is 24.3 Å². The van der Waals surface area contributed by atoms with E-state index in [0.29, 0.717) is 32.8 Å². The molecule has 10 heteroatoms. The molecule has 0 aliphatic carbocycles. The molecule has 1 aromatic carbocycles. The Bertz CT molecular complexity index is 1190. The molecule has 3 aliphatic heterocycles. The SMILES string of the molecule is Cc1nn(-c2ccc(F)cc2)c2nc(N3CCC[C@@H](C(=O)N4CCC5(CC4)OCCO5)C3)sc12. The van der Waals surface area contributed by atoms with E-state index < -0.39 is 5.79 Å². The molecule has 0 radical (unpaired) electrons. The summed E-state index contributed by atoms with van der Waals surface area (Å²) in [7, 11) is 0. The first-order valence-electron chi connectivity index (χ1n) is 12.0. The first kappa shape index (κ1) is 21.9. The van der Waals surface area contributed by atoms with Crippen LogP contribution in [0.1, 0.15) is 31.4 Å². The first-order chi connectivity index (χ1) is 16.5. The number of hydrogen-bond acceptors (Lipinski definition) is 7. The Morgan fingerprint density at radius 2 is 1.88 bits per heavy atom. The Hall–Kier alpha value is -2.56. The molecule has 0 unspecified atom stereocenters. The van der Waals surface area contributed by atoms with Crippen molar-refractivity contribution in [2.75, 3.05) is 44.3 Å². The molecule has 180 valence electrons. The highest BCUT2D eigenvalue weighted by atomic mass is 32.1. The van der Waals surface area contributed by atoms with Crippen LogP contribution in [-0.4, -0.2) is 70.8 Å². The molecule has 3 saturated heterocycles. The van der Waals surface area contributed by atoms with Gasteiger partial charge in [-0.25, -0.2) is 9.07 Å². The number of nitrogens with zero attached hydrogens (tertiary/aromatic N) is 5. The minimum atomic E-state index is -0.466. The second-order valence-corrected chi connectivity index (χ2v) is 10.3. The number of anilines is 1. The number of ether oxygens (including phenoxy) is 2. The van der Waals surface area contributed by atoms with Crippen LogP contribution in [0.3, 0.4) is 0 Å². The van der Waals surface area contributed by atoms with E-state index in [0.717, 1.165) is 59.1 Å². The maximum atomic E-state index is 13.4. The summed E-state index contributed by atoms with van der Waals surface area (Å²) in [5.41, 5.74) is 2.45. The van der Waals surface area contributed by atoms with Crippen molar-refractivity contribution in [1.82, 2.24) is 19.7 Å². The Morgan fingerprint density at radius 3 is 2.62 bits per heavy atom. The number of benzene rings is 1. The van der Waals surface area contributed by atoms with Gasteiger partial charge >= 0.3 is 0 Å². The molecule has 1 spiro atoms. The van der Waals surface area contributed by atoms with Crippen molar-refractivity contribution < 1.29 is 18.7 Å². The van der Waals surface area contributed by atoms with Crippen LogP contribution in [0.4, 0.5) is 9.52 Å². The van der Waals surface area contributed by atoms with Crippen molar-refractivity contribution in [3.63, 3.8) is 0 Å². The van der Waals surface area contributed by atoms with Gasteiger partial charge in [0.25, 0.3) is 0 Å².